The molecule has 0 bridgehead atoms. The molecule has 0 saturated carbocycles. The highest BCUT2D eigenvalue weighted by molar-refractivity contribution is 7.80. The highest BCUT2D eigenvalue weighted by Gasteiger charge is 2.56. The van der Waals surface area contributed by atoms with Gasteiger partial charge in [0, 0.05) is 5.69 Å². The Kier molecular flexibility index (Phi) is 3.84. The number of hydrazine groups is 1. The molecule has 24 heavy (non-hydrogen) atoms. The summed E-state index contributed by atoms with van der Waals surface area (Å²) in [5.74, 6) is -1.65. The lowest BCUT2D eigenvalue weighted by Gasteiger charge is -2.45. The van der Waals surface area contributed by atoms with Gasteiger partial charge in [-0.3, -0.25) is 19.7 Å². The van der Waals surface area contributed by atoms with Crippen LogP contribution in [0.5, 0.6) is 0 Å². The summed E-state index contributed by atoms with van der Waals surface area (Å²) in [6, 6.07) is 4.38. The first-order valence-corrected chi connectivity index (χ1v) is 7.66. The van der Waals surface area contributed by atoms with Gasteiger partial charge in [0.15, 0.2) is 5.11 Å². The van der Waals surface area contributed by atoms with Gasteiger partial charge in [-0.2, -0.15) is 5.01 Å². The molecule has 3 rings (SSSR count). The Labute approximate surface area is 142 Å². The third-order valence-electron chi connectivity index (χ3n) is 4.07. The number of fused-ring (bicyclic) bond motifs is 1. The quantitative estimate of drug-likeness (QED) is 0.770. The summed E-state index contributed by atoms with van der Waals surface area (Å²) in [6.45, 7) is 3.21. The number of halogens is 1. The third kappa shape index (κ3) is 2.55. The lowest BCUT2D eigenvalue weighted by atomic mass is 10.00. The fourth-order valence-corrected chi connectivity index (χ4v) is 3.10. The molecule has 0 aliphatic carbocycles. The van der Waals surface area contributed by atoms with Crippen LogP contribution < -0.4 is 10.6 Å². The van der Waals surface area contributed by atoms with E-state index >= 15 is 0 Å². The van der Waals surface area contributed by atoms with Crippen molar-refractivity contribution in [3.63, 3.8) is 0 Å². The van der Waals surface area contributed by atoms with E-state index in [0.29, 0.717) is 5.69 Å². The van der Waals surface area contributed by atoms with Crippen molar-refractivity contribution in [3.05, 3.63) is 30.1 Å². The molecule has 2 aliphatic heterocycles. The molecule has 1 aromatic rings. The molecule has 2 N–H and O–H groups in total. The molecule has 2 saturated heterocycles. The van der Waals surface area contributed by atoms with Gasteiger partial charge in [0.2, 0.25) is 17.7 Å². The molecule has 126 valence electrons. The fourth-order valence-electron chi connectivity index (χ4n) is 2.82. The van der Waals surface area contributed by atoms with Crippen LogP contribution in [0.15, 0.2) is 24.3 Å². The van der Waals surface area contributed by atoms with Crippen molar-refractivity contribution in [2.24, 2.45) is 0 Å². The number of nitrogens with zero attached hydrogens (tertiary/aromatic N) is 2. The maximum Gasteiger partial charge on any atom is 0.248 e. The second-order valence-corrected chi connectivity index (χ2v) is 6.47. The molecule has 1 atom stereocenters. The minimum absolute atomic E-state index is 0.0404. The molecule has 7 nitrogen and oxygen atoms in total. The van der Waals surface area contributed by atoms with Gasteiger partial charge in [0.05, 0.1) is 6.42 Å². The van der Waals surface area contributed by atoms with Crippen molar-refractivity contribution in [1.29, 1.82) is 0 Å². The van der Waals surface area contributed by atoms with Gasteiger partial charge in [0.25, 0.3) is 0 Å². The molecule has 2 fully saturated rings. The van der Waals surface area contributed by atoms with Crippen molar-refractivity contribution >= 4 is 40.7 Å². The zero-order valence-electron chi connectivity index (χ0n) is 13.0. The van der Waals surface area contributed by atoms with Gasteiger partial charge in [-0.25, -0.2) is 9.40 Å². The third-order valence-corrected chi connectivity index (χ3v) is 4.35. The van der Waals surface area contributed by atoms with Crippen molar-refractivity contribution in [3.8, 4) is 0 Å². The van der Waals surface area contributed by atoms with Crippen LogP contribution in [0.25, 0.3) is 0 Å². The molecule has 0 unspecified atom stereocenters. The highest BCUT2D eigenvalue weighted by Crippen LogP contribution is 2.32. The van der Waals surface area contributed by atoms with E-state index in [2.05, 4.69) is 10.6 Å². The first kappa shape index (κ1) is 16.5. The van der Waals surface area contributed by atoms with Gasteiger partial charge < -0.3 is 5.32 Å². The predicted molar refractivity (Wildman–Crippen MR) is 86.9 cm³/mol. The van der Waals surface area contributed by atoms with Gasteiger partial charge in [-0.05, 0) is 50.3 Å². The number of carbonyl (C=O) groups excluding carboxylic acids is 3. The number of hydrogen-bond acceptors (Lipinski definition) is 5. The Morgan fingerprint density at radius 3 is 2.58 bits per heavy atom. The Balaban J connectivity index is 1.88. The Morgan fingerprint density at radius 1 is 1.33 bits per heavy atom. The van der Waals surface area contributed by atoms with E-state index in [1.165, 1.54) is 29.3 Å². The average Bonchev–Trinajstić information content (AvgIpc) is 2.87. The maximum absolute atomic E-state index is 13.0. The SMILES string of the molecule is CC1(C)C(=O)NC(=S)N2C(=O)C[C@@H](C(=O)Nc3ccc(F)cc3)N21. The lowest BCUT2D eigenvalue weighted by molar-refractivity contribution is -0.154. The van der Waals surface area contributed by atoms with Crippen molar-refractivity contribution in [2.45, 2.75) is 31.8 Å². The second kappa shape index (κ2) is 5.60. The molecule has 3 amide bonds. The minimum atomic E-state index is -1.13. The lowest BCUT2D eigenvalue weighted by Crippen LogP contribution is -2.71. The summed E-state index contributed by atoms with van der Waals surface area (Å²) in [4.78, 5) is 37.0. The van der Waals surface area contributed by atoms with Crippen molar-refractivity contribution in [2.75, 3.05) is 5.32 Å². The van der Waals surface area contributed by atoms with Crippen molar-refractivity contribution < 1.29 is 18.8 Å². The topological polar surface area (TPSA) is 81.8 Å². The summed E-state index contributed by atoms with van der Waals surface area (Å²) in [7, 11) is 0. The molecule has 0 aromatic heterocycles. The molecule has 2 heterocycles. The smallest absolute Gasteiger partial charge is 0.248 e. The summed E-state index contributed by atoms with van der Waals surface area (Å²) in [5.41, 5.74) is -0.728. The Hall–Kier alpha value is -2.39. The largest absolute Gasteiger partial charge is 0.325 e. The fraction of sp³-hybridized carbons (Fsp3) is 0.333. The second-order valence-electron chi connectivity index (χ2n) is 6.08. The van der Waals surface area contributed by atoms with E-state index in [9.17, 15) is 18.8 Å². The van der Waals surface area contributed by atoms with Crippen LogP contribution >= 0.6 is 12.2 Å². The molecule has 9 heteroatoms. The van der Waals surface area contributed by atoms with Crippen LogP contribution in [0.4, 0.5) is 10.1 Å². The number of amides is 3. The number of benzene rings is 1. The number of carbonyl (C=O) groups is 3. The normalized spacial score (nSPS) is 23.0. The monoisotopic (exact) mass is 350 g/mol. The van der Waals surface area contributed by atoms with Crippen LogP contribution in [0.1, 0.15) is 20.3 Å². The van der Waals surface area contributed by atoms with Gasteiger partial charge >= 0.3 is 0 Å². The number of nitrogens with one attached hydrogen (secondary N) is 2. The zero-order chi connectivity index (χ0) is 17.6. The number of hydrogen-bond donors (Lipinski definition) is 2. The molecule has 1 aromatic carbocycles. The number of rotatable bonds is 2. The van der Waals surface area contributed by atoms with E-state index in [0.717, 1.165) is 5.01 Å². The zero-order valence-corrected chi connectivity index (χ0v) is 13.8. The van der Waals surface area contributed by atoms with Crippen LogP contribution in [-0.2, 0) is 14.4 Å². The molecular formula is C15H15FN4O3S. The predicted octanol–water partition coefficient (Wildman–Crippen LogP) is 0.775. The standard InChI is InChI=1S/C15H15FN4O3S/c1-15(2)13(23)18-14(24)19-11(21)7-10(20(15)19)12(22)17-9-5-3-8(16)4-6-9/h3-6,10H,7H2,1-2H3,(H,17,22)(H,18,23,24)/t10-/m0/s1. The summed E-state index contributed by atoms with van der Waals surface area (Å²) in [6.07, 6.45) is -0.106. The first-order valence-electron chi connectivity index (χ1n) is 7.26. The maximum atomic E-state index is 13.0. The van der Waals surface area contributed by atoms with Crippen LogP contribution in [0.2, 0.25) is 0 Å². The van der Waals surface area contributed by atoms with E-state index in [1.54, 1.807) is 13.8 Å². The Morgan fingerprint density at radius 2 is 1.96 bits per heavy atom. The van der Waals surface area contributed by atoms with E-state index in [1.807, 2.05) is 0 Å². The highest BCUT2D eigenvalue weighted by atomic mass is 32.1. The van der Waals surface area contributed by atoms with E-state index in [4.69, 9.17) is 12.2 Å². The summed E-state index contributed by atoms with van der Waals surface area (Å²) < 4.78 is 13.0. The molecule has 0 radical (unpaired) electrons. The molecular weight excluding hydrogens is 335 g/mol. The summed E-state index contributed by atoms with van der Waals surface area (Å²) >= 11 is 5.04. The Bertz CT molecular complexity index is 750. The summed E-state index contributed by atoms with van der Waals surface area (Å²) in [5, 5.41) is 7.62. The van der Waals surface area contributed by atoms with Gasteiger partial charge in [-0.1, -0.05) is 0 Å². The van der Waals surface area contributed by atoms with E-state index in [-0.39, 0.29) is 17.4 Å². The molecule has 0 spiro atoms. The minimum Gasteiger partial charge on any atom is -0.325 e. The average molecular weight is 350 g/mol. The van der Waals surface area contributed by atoms with Crippen LogP contribution in [-0.4, -0.2) is 44.4 Å². The number of anilines is 1. The van der Waals surface area contributed by atoms with Crippen LogP contribution in [0.3, 0.4) is 0 Å². The van der Waals surface area contributed by atoms with E-state index < -0.39 is 29.2 Å². The number of thiocarbonyl (C=S) groups is 1. The van der Waals surface area contributed by atoms with Gasteiger partial charge in [0.1, 0.15) is 17.4 Å². The van der Waals surface area contributed by atoms with Gasteiger partial charge in [-0.15, -0.1) is 0 Å². The first-order chi connectivity index (χ1) is 11.2. The molecule has 2 aliphatic rings. The van der Waals surface area contributed by atoms with Crippen molar-refractivity contribution in [1.82, 2.24) is 15.3 Å². The van der Waals surface area contributed by atoms with Crippen LogP contribution in [0, 0.1) is 5.82 Å².